The molecule has 0 radical (unpaired) electrons. The van der Waals surface area contributed by atoms with Crippen LogP contribution in [0.2, 0.25) is 0 Å². The Morgan fingerprint density at radius 1 is 1.14 bits per heavy atom. The minimum absolute atomic E-state index is 0.0719. The molecule has 0 atom stereocenters. The van der Waals surface area contributed by atoms with Crippen LogP contribution < -0.4 is 0 Å². The van der Waals surface area contributed by atoms with Crippen molar-refractivity contribution < 1.29 is 8.42 Å². The fourth-order valence-corrected chi connectivity index (χ4v) is 4.45. The van der Waals surface area contributed by atoms with Gasteiger partial charge in [-0.3, -0.25) is 0 Å². The maximum Gasteiger partial charge on any atom is 0.155 e. The summed E-state index contributed by atoms with van der Waals surface area (Å²) < 4.78 is 24.8. The van der Waals surface area contributed by atoms with Crippen LogP contribution in [0.5, 0.6) is 0 Å². The lowest BCUT2D eigenvalue weighted by Crippen LogP contribution is -2.37. The number of alkyl halides is 2. The van der Waals surface area contributed by atoms with Gasteiger partial charge in [-0.1, -0.05) is 28.1 Å². The third kappa shape index (κ3) is 4.60. The van der Waals surface area contributed by atoms with Crippen molar-refractivity contribution in [2.75, 3.05) is 17.5 Å². The first kappa shape index (κ1) is 19.3. The standard InChI is InChI=1S/C15H21BrCl2O2S/c1-14(2,3)21(19,20)8-7-15(10-17,11-18)12-5-4-6-13(16)9-12/h4-6,9H,7-8,10-11H2,1-3H3. The van der Waals surface area contributed by atoms with Gasteiger partial charge in [0.2, 0.25) is 0 Å². The molecule has 0 heterocycles. The lowest BCUT2D eigenvalue weighted by atomic mass is 9.82. The van der Waals surface area contributed by atoms with E-state index in [9.17, 15) is 8.42 Å². The predicted octanol–water partition coefficient (Wildman–Crippen LogP) is 4.77. The van der Waals surface area contributed by atoms with E-state index >= 15 is 0 Å². The molecular formula is C15H21BrCl2O2S. The highest BCUT2D eigenvalue weighted by atomic mass is 79.9. The summed E-state index contributed by atoms with van der Waals surface area (Å²) >= 11 is 15.8. The molecule has 21 heavy (non-hydrogen) atoms. The zero-order chi connectivity index (χ0) is 16.3. The molecule has 6 heteroatoms. The van der Waals surface area contributed by atoms with Crippen LogP contribution in [0.4, 0.5) is 0 Å². The summed E-state index contributed by atoms with van der Waals surface area (Å²) in [5, 5.41) is 0. The summed E-state index contributed by atoms with van der Waals surface area (Å²) in [6, 6.07) is 7.72. The summed E-state index contributed by atoms with van der Waals surface area (Å²) in [6.07, 6.45) is 0.413. The molecule has 1 aromatic rings. The zero-order valence-electron chi connectivity index (χ0n) is 12.5. The molecule has 2 nitrogen and oxygen atoms in total. The Bertz CT molecular complexity index is 576. The van der Waals surface area contributed by atoms with Crippen molar-refractivity contribution in [1.82, 2.24) is 0 Å². The highest BCUT2D eigenvalue weighted by molar-refractivity contribution is 9.10. The summed E-state index contributed by atoms with van der Waals surface area (Å²) in [5.74, 6) is 0.641. The van der Waals surface area contributed by atoms with Gasteiger partial charge in [-0.2, -0.15) is 0 Å². The van der Waals surface area contributed by atoms with Gasteiger partial charge in [0.25, 0.3) is 0 Å². The predicted molar refractivity (Wildman–Crippen MR) is 95.4 cm³/mol. The molecule has 0 fully saturated rings. The van der Waals surface area contributed by atoms with Crippen molar-refractivity contribution in [3.8, 4) is 0 Å². The Labute approximate surface area is 146 Å². The Morgan fingerprint density at radius 3 is 2.14 bits per heavy atom. The van der Waals surface area contributed by atoms with E-state index in [2.05, 4.69) is 15.9 Å². The van der Waals surface area contributed by atoms with E-state index in [-0.39, 0.29) is 17.5 Å². The van der Waals surface area contributed by atoms with Crippen molar-refractivity contribution in [1.29, 1.82) is 0 Å². The minimum atomic E-state index is -3.20. The molecule has 0 bridgehead atoms. The van der Waals surface area contributed by atoms with Crippen LogP contribution in [-0.2, 0) is 15.3 Å². The van der Waals surface area contributed by atoms with E-state index in [1.807, 2.05) is 24.3 Å². The molecule has 0 saturated carbocycles. The summed E-state index contributed by atoms with van der Waals surface area (Å²) in [7, 11) is -3.20. The second kappa shape index (κ2) is 7.20. The van der Waals surface area contributed by atoms with Crippen LogP contribution in [0.25, 0.3) is 0 Å². The molecule has 0 aliphatic carbocycles. The van der Waals surface area contributed by atoms with E-state index in [0.717, 1.165) is 10.0 Å². The second-order valence-corrected chi connectivity index (χ2v) is 10.6. The Morgan fingerprint density at radius 2 is 1.71 bits per heavy atom. The second-order valence-electron chi connectivity index (χ2n) is 6.24. The molecule has 0 aliphatic rings. The van der Waals surface area contributed by atoms with Crippen molar-refractivity contribution in [3.63, 3.8) is 0 Å². The molecule has 0 aromatic heterocycles. The smallest absolute Gasteiger partial charge is 0.155 e. The van der Waals surface area contributed by atoms with Crippen LogP contribution >= 0.6 is 39.1 Å². The number of sulfone groups is 1. The first-order valence-corrected chi connectivity index (χ1v) is 10.2. The first-order chi connectivity index (χ1) is 9.58. The number of halogens is 3. The van der Waals surface area contributed by atoms with Crippen LogP contribution in [0.15, 0.2) is 28.7 Å². The van der Waals surface area contributed by atoms with Gasteiger partial charge in [-0.15, -0.1) is 23.2 Å². The normalized spacial score (nSPS) is 13.4. The number of rotatable bonds is 6. The molecule has 0 N–H and O–H groups in total. The quantitative estimate of drug-likeness (QED) is 0.627. The summed E-state index contributed by atoms with van der Waals surface area (Å²) in [6.45, 7) is 5.14. The average molecular weight is 416 g/mol. The van der Waals surface area contributed by atoms with Gasteiger partial charge in [0.05, 0.1) is 10.5 Å². The zero-order valence-corrected chi connectivity index (χ0v) is 16.4. The van der Waals surface area contributed by atoms with E-state index < -0.39 is 20.0 Å². The Balaban J connectivity index is 3.09. The van der Waals surface area contributed by atoms with Gasteiger partial charge >= 0.3 is 0 Å². The highest BCUT2D eigenvalue weighted by Gasteiger charge is 2.36. The maximum atomic E-state index is 12.3. The van der Waals surface area contributed by atoms with E-state index in [0.29, 0.717) is 6.42 Å². The van der Waals surface area contributed by atoms with E-state index in [1.54, 1.807) is 20.8 Å². The molecule has 1 rings (SSSR count). The molecule has 0 unspecified atom stereocenters. The van der Waals surface area contributed by atoms with Crippen molar-refractivity contribution in [2.24, 2.45) is 0 Å². The topological polar surface area (TPSA) is 34.1 Å². The van der Waals surface area contributed by atoms with Gasteiger partial charge < -0.3 is 0 Å². The molecule has 0 amide bonds. The van der Waals surface area contributed by atoms with Crippen molar-refractivity contribution in [2.45, 2.75) is 37.4 Å². The van der Waals surface area contributed by atoms with Crippen LogP contribution in [0.3, 0.4) is 0 Å². The summed E-state index contributed by atoms with van der Waals surface area (Å²) in [5.41, 5.74) is 0.427. The molecular weight excluding hydrogens is 395 g/mol. The number of hydrogen-bond donors (Lipinski definition) is 0. The van der Waals surface area contributed by atoms with Gasteiger partial charge in [0, 0.05) is 21.6 Å². The fraction of sp³-hybridized carbons (Fsp3) is 0.600. The van der Waals surface area contributed by atoms with Gasteiger partial charge in [-0.25, -0.2) is 8.42 Å². The summed E-state index contributed by atoms with van der Waals surface area (Å²) in [4.78, 5) is 0. The van der Waals surface area contributed by atoms with Crippen LogP contribution in [-0.4, -0.2) is 30.7 Å². The number of hydrogen-bond acceptors (Lipinski definition) is 2. The third-order valence-electron chi connectivity index (χ3n) is 3.73. The van der Waals surface area contributed by atoms with E-state index in [4.69, 9.17) is 23.2 Å². The van der Waals surface area contributed by atoms with E-state index in [1.165, 1.54) is 0 Å². The van der Waals surface area contributed by atoms with Crippen molar-refractivity contribution in [3.05, 3.63) is 34.3 Å². The molecule has 120 valence electrons. The molecule has 0 aliphatic heterocycles. The molecule has 0 saturated heterocycles. The van der Waals surface area contributed by atoms with Crippen molar-refractivity contribution >= 4 is 49.0 Å². The van der Waals surface area contributed by atoms with Gasteiger partial charge in [0.15, 0.2) is 9.84 Å². The lowest BCUT2D eigenvalue weighted by molar-refractivity contribution is 0.502. The molecule has 1 aromatic carbocycles. The maximum absolute atomic E-state index is 12.3. The molecule has 0 spiro atoms. The van der Waals surface area contributed by atoms with Crippen LogP contribution in [0.1, 0.15) is 32.8 Å². The van der Waals surface area contributed by atoms with Crippen LogP contribution in [0, 0.1) is 0 Å². The average Bonchev–Trinajstić information content (AvgIpc) is 2.39. The highest BCUT2D eigenvalue weighted by Crippen LogP contribution is 2.34. The minimum Gasteiger partial charge on any atom is -0.228 e. The number of benzene rings is 1. The monoisotopic (exact) mass is 414 g/mol. The SMILES string of the molecule is CC(C)(C)S(=O)(=O)CCC(CCl)(CCl)c1cccc(Br)c1. The van der Waals surface area contributed by atoms with Gasteiger partial charge in [0.1, 0.15) is 0 Å². The van der Waals surface area contributed by atoms with Gasteiger partial charge in [-0.05, 0) is 44.9 Å². The fourth-order valence-electron chi connectivity index (χ4n) is 1.92. The first-order valence-electron chi connectivity index (χ1n) is 6.68. The Hall–Kier alpha value is 0.230. The third-order valence-corrected chi connectivity index (χ3v) is 7.85. The largest absolute Gasteiger partial charge is 0.228 e. The Kier molecular flexibility index (Phi) is 6.61. The lowest BCUT2D eigenvalue weighted by Gasteiger charge is -2.31.